The number of ether oxygens (including phenoxy) is 3. The van der Waals surface area contributed by atoms with Gasteiger partial charge >= 0.3 is 5.97 Å². The molecule has 156 valence electrons. The third-order valence-corrected chi connectivity index (χ3v) is 6.44. The van der Waals surface area contributed by atoms with Crippen LogP contribution in [-0.2, 0) is 26.0 Å². The van der Waals surface area contributed by atoms with E-state index < -0.39 is 16.0 Å². The molecule has 0 radical (unpaired) electrons. The molecule has 2 heterocycles. The molecule has 0 saturated carbocycles. The molecule has 3 rings (SSSR count). The Hall–Kier alpha value is -2.69. The SMILES string of the molecule is COC(=O)c1cc(CNc2ccc(S(=O)(=O)N3CCOCC3)c[nH+]2)ccc1OC. The van der Waals surface area contributed by atoms with E-state index in [1.807, 2.05) is 6.07 Å². The highest BCUT2D eigenvalue weighted by Crippen LogP contribution is 2.21. The Morgan fingerprint density at radius 1 is 1.21 bits per heavy atom. The van der Waals surface area contributed by atoms with E-state index in [0.29, 0.717) is 50.0 Å². The number of aromatic amines is 1. The number of morpholine rings is 1. The topological polar surface area (TPSA) is 108 Å². The predicted molar refractivity (Wildman–Crippen MR) is 104 cm³/mol. The highest BCUT2D eigenvalue weighted by atomic mass is 32.2. The molecule has 1 fully saturated rings. The predicted octanol–water partition coefficient (Wildman–Crippen LogP) is 0.929. The van der Waals surface area contributed by atoms with Crippen LogP contribution < -0.4 is 15.0 Å². The second-order valence-corrected chi connectivity index (χ2v) is 8.27. The van der Waals surface area contributed by atoms with Gasteiger partial charge in [0.2, 0.25) is 10.0 Å². The van der Waals surface area contributed by atoms with E-state index in [-0.39, 0.29) is 4.90 Å². The van der Waals surface area contributed by atoms with Gasteiger partial charge in [0.1, 0.15) is 29.0 Å². The Labute approximate surface area is 169 Å². The maximum atomic E-state index is 12.6. The number of nitrogens with zero attached hydrogens (tertiary/aromatic N) is 1. The van der Waals surface area contributed by atoms with Gasteiger partial charge < -0.3 is 14.2 Å². The van der Waals surface area contributed by atoms with Crippen LogP contribution in [0.1, 0.15) is 15.9 Å². The number of carbonyl (C=O) groups excluding carboxylic acids is 1. The fourth-order valence-corrected chi connectivity index (χ4v) is 4.32. The molecule has 0 unspecified atom stereocenters. The molecule has 10 heteroatoms. The van der Waals surface area contributed by atoms with Gasteiger partial charge in [0.15, 0.2) is 0 Å². The molecule has 29 heavy (non-hydrogen) atoms. The standard InChI is InChI=1S/C19H23N3O6S/c1-26-17-5-3-14(11-16(17)19(23)27-2)12-20-18-6-4-15(13-21-18)29(24,25)22-7-9-28-10-8-22/h3-6,11,13H,7-10,12H2,1-2H3,(H,20,21)/p+1. The number of carbonyl (C=O) groups is 1. The third kappa shape index (κ3) is 4.84. The maximum Gasteiger partial charge on any atom is 0.341 e. The first kappa shape index (κ1) is 21.0. The summed E-state index contributed by atoms with van der Waals surface area (Å²) in [7, 11) is -0.742. The van der Waals surface area contributed by atoms with Crippen LogP contribution in [0.25, 0.3) is 0 Å². The number of benzene rings is 1. The van der Waals surface area contributed by atoms with E-state index in [9.17, 15) is 13.2 Å². The zero-order chi connectivity index (χ0) is 20.9. The molecule has 0 aliphatic carbocycles. The third-order valence-electron chi connectivity index (χ3n) is 4.54. The lowest BCUT2D eigenvalue weighted by Gasteiger charge is -2.25. The lowest BCUT2D eigenvalue weighted by molar-refractivity contribution is -0.364. The lowest BCUT2D eigenvalue weighted by atomic mass is 10.1. The first-order valence-electron chi connectivity index (χ1n) is 9.04. The fraction of sp³-hybridized carbons (Fsp3) is 0.368. The number of rotatable bonds is 7. The van der Waals surface area contributed by atoms with Crippen molar-refractivity contribution in [2.45, 2.75) is 11.4 Å². The summed E-state index contributed by atoms with van der Waals surface area (Å²) >= 11 is 0. The summed E-state index contributed by atoms with van der Waals surface area (Å²) in [6, 6.07) is 8.44. The smallest absolute Gasteiger partial charge is 0.341 e. The van der Waals surface area contributed by atoms with Gasteiger partial charge in [-0.2, -0.15) is 4.31 Å². The van der Waals surface area contributed by atoms with Gasteiger partial charge in [-0.05, 0) is 23.8 Å². The molecule has 0 atom stereocenters. The van der Waals surface area contributed by atoms with E-state index >= 15 is 0 Å². The van der Waals surface area contributed by atoms with Crippen molar-refractivity contribution < 1.29 is 32.4 Å². The number of nitrogens with one attached hydrogen (secondary N) is 2. The van der Waals surface area contributed by atoms with Gasteiger partial charge in [-0.15, -0.1) is 0 Å². The van der Waals surface area contributed by atoms with Crippen molar-refractivity contribution in [3.63, 3.8) is 0 Å². The van der Waals surface area contributed by atoms with E-state index in [2.05, 4.69) is 10.3 Å². The van der Waals surface area contributed by atoms with Gasteiger partial charge in [-0.1, -0.05) is 6.07 Å². The second kappa shape index (κ2) is 9.21. The monoisotopic (exact) mass is 422 g/mol. The molecule has 1 aromatic carbocycles. The molecule has 0 bridgehead atoms. The molecule has 0 amide bonds. The number of hydrogen-bond donors (Lipinski definition) is 1. The number of esters is 1. The average Bonchev–Trinajstić information content (AvgIpc) is 2.77. The van der Waals surface area contributed by atoms with Crippen LogP contribution in [0.5, 0.6) is 5.75 Å². The molecule has 1 aliphatic heterocycles. The Kier molecular flexibility index (Phi) is 6.68. The van der Waals surface area contributed by atoms with Crippen molar-refractivity contribution >= 4 is 21.8 Å². The Morgan fingerprint density at radius 2 is 1.97 bits per heavy atom. The number of pyridine rings is 1. The first-order valence-corrected chi connectivity index (χ1v) is 10.5. The fourth-order valence-electron chi connectivity index (χ4n) is 2.95. The number of anilines is 1. The zero-order valence-electron chi connectivity index (χ0n) is 16.3. The van der Waals surface area contributed by atoms with Crippen LogP contribution in [0, 0.1) is 0 Å². The van der Waals surface area contributed by atoms with E-state index in [4.69, 9.17) is 14.2 Å². The van der Waals surface area contributed by atoms with Crippen LogP contribution in [0.4, 0.5) is 5.82 Å². The van der Waals surface area contributed by atoms with Crippen molar-refractivity contribution in [2.75, 3.05) is 45.8 Å². The minimum Gasteiger partial charge on any atom is -0.496 e. The molecule has 1 aromatic heterocycles. The largest absolute Gasteiger partial charge is 0.496 e. The zero-order valence-corrected chi connectivity index (χ0v) is 17.1. The van der Waals surface area contributed by atoms with Crippen LogP contribution >= 0.6 is 0 Å². The lowest BCUT2D eigenvalue weighted by Crippen LogP contribution is -2.40. The van der Waals surface area contributed by atoms with Crippen LogP contribution in [0.15, 0.2) is 41.4 Å². The van der Waals surface area contributed by atoms with E-state index in [1.54, 1.807) is 24.3 Å². The van der Waals surface area contributed by atoms with Gasteiger partial charge in [-0.3, -0.25) is 5.32 Å². The van der Waals surface area contributed by atoms with Crippen LogP contribution in [0.2, 0.25) is 0 Å². The second-order valence-electron chi connectivity index (χ2n) is 6.33. The summed E-state index contributed by atoms with van der Waals surface area (Å²) in [6.07, 6.45) is 1.46. The van der Waals surface area contributed by atoms with Crippen molar-refractivity contribution in [3.05, 3.63) is 47.7 Å². The Balaban J connectivity index is 1.68. The Bertz CT molecular complexity index is 956. The number of methoxy groups -OCH3 is 2. The van der Waals surface area contributed by atoms with Crippen LogP contribution in [0.3, 0.4) is 0 Å². The van der Waals surface area contributed by atoms with Gasteiger partial charge in [0.25, 0.3) is 5.82 Å². The first-order chi connectivity index (χ1) is 14.0. The molecule has 2 aromatic rings. The van der Waals surface area contributed by atoms with Crippen molar-refractivity contribution in [1.82, 2.24) is 4.31 Å². The van der Waals surface area contributed by atoms with Gasteiger partial charge in [0.05, 0.1) is 27.4 Å². The minimum absolute atomic E-state index is 0.197. The minimum atomic E-state index is -3.54. The molecule has 1 aliphatic rings. The maximum absolute atomic E-state index is 12.6. The van der Waals surface area contributed by atoms with Crippen LogP contribution in [-0.4, -0.2) is 59.2 Å². The normalized spacial score (nSPS) is 15.0. The van der Waals surface area contributed by atoms with Gasteiger partial charge in [0, 0.05) is 19.2 Å². The number of hydrogen-bond acceptors (Lipinski definition) is 7. The average molecular weight is 422 g/mol. The molecule has 1 saturated heterocycles. The summed E-state index contributed by atoms with van der Waals surface area (Å²) < 4.78 is 41.9. The van der Waals surface area contributed by atoms with Crippen molar-refractivity contribution in [3.8, 4) is 5.75 Å². The Morgan fingerprint density at radius 3 is 2.59 bits per heavy atom. The van der Waals surface area contributed by atoms with E-state index in [1.165, 1.54) is 24.7 Å². The van der Waals surface area contributed by atoms with Gasteiger partial charge in [-0.25, -0.2) is 18.2 Å². The summed E-state index contributed by atoms with van der Waals surface area (Å²) in [6.45, 7) is 1.92. The highest BCUT2D eigenvalue weighted by Gasteiger charge is 2.27. The van der Waals surface area contributed by atoms with Crippen molar-refractivity contribution in [2.24, 2.45) is 0 Å². The number of H-pyrrole nitrogens is 1. The summed E-state index contributed by atoms with van der Waals surface area (Å²) in [4.78, 5) is 15.0. The number of aromatic nitrogens is 1. The summed E-state index contributed by atoms with van der Waals surface area (Å²) in [5.74, 6) is 0.596. The molecular formula is C19H24N3O6S+. The number of sulfonamides is 1. The highest BCUT2D eigenvalue weighted by molar-refractivity contribution is 7.89. The van der Waals surface area contributed by atoms with E-state index in [0.717, 1.165) is 5.56 Å². The molecular weight excluding hydrogens is 398 g/mol. The summed E-state index contributed by atoms with van der Waals surface area (Å²) in [5.41, 5.74) is 1.18. The summed E-state index contributed by atoms with van der Waals surface area (Å²) in [5, 5.41) is 3.16. The molecule has 2 N–H and O–H groups in total. The molecule has 0 spiro atoms. The van der Waals surface area contributed by atoms with Crippen molar-refractivity contribution in [1.29, 1.82) is 0 Å². The molecule has 9 nitrogen and oxygen atoms in total. The quantitative estimate of drug-likeness (QED) is 0.661.